The number of hydrogen-bond acceptors (Lipinski definition) is 4. The molecule has 27 heavy (non-hydrogen) atoms. The first-order valence-electron chi connectivity index (χ1n) is 8.85. The van der Waals surface area contributed by atoms with Crippen LogP contribution in [-0.2, 0) is 23.7 Å². The van der Waals surface area contributed by atoms with Crippen molar-refractivity contribution in [2.24, 2.45) is 0 Å². The maximum absolute atomic E-state index is 12.0. The summed E-state index contributed by atoms with van der Waals surface area (Å²) in [6, 6.07) is 5.58. The zero-order valence-electron chi connectivity index (χ0n) is 16.0. The van der Waals surface area contributed by atoms with Crippen LogP contribution in [0.4, 0.5) is 10.5 Å². The van der Waals surface area contributed by atoms with Crippen LogP contribution in [0.5, 0.6) is 0 Å². The largest absolute Gasteiger partial charge is 0.444 e. The number of hydrogen-bond donors (Lipinski definition) is 1. The van der Waals surface area contributed by atoms with Gasteiger partial charge < -0.3 is 13.9 Å². The lowest BCUT2D eigenvalue weighted by Crippen LogP contribution is -2.27. The van der Waals surface area contributed by atoms with Gasteiger partial charge in [-0.05, 0) is 45.9 Å². The molecule has 0 bridgehead atoms. The Morgan fingerprint density at radius 2 is 2.11 bits per heavy atom. The molecule has 0 saturated heterocycles. The van der Waals surface area contributed by atoms with Gasteiger partial charge in [0, 0.05) is 18.4 Å². The molecule has 0 fully saturated rings. The number of aromatic nitrogens is 4. The Morgan fingerprint density at radius 3 is 2.78 bits per heavy atom. The number of nitrogens with one attached hydrogen (secondary N) is 1. The number of rotatable bonds is 5. The lowest BCUT2D eigenvalue weighted by molar-refractivity contribution is 0.0636. The first kappa shape index (κ1) is 19.2. The van der Waals surface area contributed by atoms with E-state index in [1.807, 2.05) is 51.5 Å². The fourth-order valence-electron chi connectivity index (χ4n) is 2.88. The zero-order valence-corrected chi connectivity index (χ0v) is 16.7. The van der Waals surface area contributed by atoms with Crippen LogP contribution in [0.2, 0.25) is 0 Å². The van der Waals surface area contributed by atoms with Crippen molar-refractivity contribution in [2.45, 2.75) is 52.3 Å². The van der Waals surface area contributed by atoms with Crippen LogP contribution in [0, 0.1) is 0 Å². The molecule has 1 aromatic carbocycles. The molecule has 0 radical (unpaired) electrons. The van der Waals surface area contributed by atoms with Crippen molar-refractivity contribution >= 4 is 34.4 Å². The highest BCUT2D eigenvalue weighted by Gasteiger charge is 2.17. The number of carbonyl (C=O) groups excluding carboxylic acids is 1. The smallest absolute Gasteiger partial charge is 0.412 e. The Kier molecular flexibility index (Phi) is 5.41. The molecular weight excluding hydrogens is 366 g/mol. The van der Waals surface area contributed by atoms with Gasteiger partial charge in [0.2, 0.25) is 0 Å². The number of amides is 1. The lowest BCUT2D eigenvalue weighted by Gasteiger charge is -2.19. The molecule has 2 heterocycles. The van der Waals surface area contributed by atoms with Gasteiger partial charge in [0.05, 0.1) is 35.5 Å². The maximum Gasteiger partial charge on any atom is 0.412 e. The molecular formula is C19H24ClN5O2. The van der Waals surface area contributed by atoms with Crippen LogP contribution in [0.1, 0.15) is 39.2 Å². The Bertz CT molecular complexity index is 955. The normalized spacial score (nSPS) is 11.7. The standard InChI is InChI=1S/C19H24ClN5O2/c1-5-24-12-21-10-14(24)11-25-16-7-6-13(8-15(16)23-17(25)9-20)22-18(26)27-19(2,3)4/h6-8,10,12H,5,9,11H2,1-4H3,(H,22,26). The quantitative estimate of drug-likeness (QED) is 0.657. The van der Waals surface area contributed by atoms with Crippen LogP contribution in [0.25, 0.3) is 11.0 Å². The van der Waals surface area contributed by atoms with E-state index in [0.29, 0.717) is 18.1 Å². The summed E-state index contributed by atoms with van der Waals surface area (Å²) < 4.78 is 9.45. The van der Waals surface area contributed by atoms with E-state index >= 15 is 0 Å². The number of imidazole rings is 2. The van der Waals surface area contributed by atoms with Gasteiger partial charge in [-0.2, -0.15) is 0 Å². The second kappa shape index (κ2) is 7.60. The zero-order chi connectivity index (χ0) is 19.6. The Labute approximate surface area is 163 Å². The van der Waals surface area contributed by atoms with E-state index in [1.54, 1.807) is 0 Å². The number of ether oxygens (including phenoxy) is 1. The summed E-state index contributed by atoms with van der Waals surface area (Å²) in [6.07, 6.45) is 3.18. The van der Waals surface area contributed by atoms with Crippen molar-refractivity contribution in [1.82, 2.24) is 19.1 Å². The van der Waals surface area contributed by atoms with Gasteiger partial charge in [-0.3, -0.25) is 5.32 Å². The van der Waals surface area contributed by atoms with E-state index in [4.69, 9.17) is 16.3 Å². The average molecular weight is 390 g/mol. The molecule has 0 aliphatic rings. The van der Waals surface area contributed by atoms with Gasteiger partial charge in [-0.15, -0.1) is 11.6 Å². The highest BCUT2D eigenvalue weighted by molar-refractivity contribution is 6.16. The van der Waals surface area contributed by atoms with Gasteiger partial charge in [0.25, 0.3) is 0 Å². The molecule has 144 valence electrons. The van der Waals surface area contributed by atoms with Crippen LogP contribution in [-0.4, -0.2) is 30.8 Å². The Balaban J connectivity index is 1.89. The molecule has 3 rings (SSSR count). The predicted octanol–water partition coefficient (Wildman–Crippen LogP) is 4.39. The third-order valence-electron chi connectivity index (χ3n) is 4.05. The molecule has 0 atom stereocenters. The van der Waals surface area contributed by atoms with Gasteiger partial charge in [-0.1, -0.05) is 0 Å². The van der Waals surface area contributed by atoms with Gasteiger partial charge >= 0.3 is 6.09 Å². The summed E-state index contributed by atoms with van der Waals surface area (Å²) in [5, 5.41) is 2.74. The summed E-state index contributed by atoms with van der Waals surface area (Å²) >= 11 is 6.12. The van der Waals surface area contributed by atoms with Crippen LogP contribution >= 0.6 is 11.6 Å². The molecule has 8 heteroatoms. The van der Waals surface area contributed by atoms with Crippen LogP contribution in [0.15, 0.2) is 30.7 Å². The predicted molar refractivity (Wildman–Crippen MR) is 106 cm³/mol. The fraction of sp³-hybridized carbons (Fsp3) is 0.421. The van der Waals surface area contributed by atoms with E-state index in [0.717, 1.165) is 29.1 Å². The van der Waals surface area contributed by atoms with Crippen molar-refractivity contribution in [2.75, 3.05) is 5.32 Å². The van der Waals surface area contributed by atoms with Crippen molar-refractivity contribution in [1.29, 1.82) is 0 Å². The monoisotopic (exact) mass is 389 g/mol. The number of halogens is 1. The molecule has 3 aromatic rings. The van der Waals surface area contributed by atoms with E-state index < -0.39 is 11.7 Å². The third kappa shape index (κ3) is 4.42. The summed E-state index contributed by atoms with van der Waals surface area (Å²) in [5.41, 5.74) is 2.87. The second-order valence-corrected chi connectivity index (χ2v) is 7.52. The second-order valence-electron chi connectivity index (χ2n) is 7.25. The van der Waals surface area contributed by atoms with Crippen molar-refractivity contribution in [3.05, 3.63) is 42.2 Å². The number of aryl methyl sites for hydroxylation is 1. The fourth-order valence-corrected chi connectivity index (χ4v) is 3.09. The number of carbonyl (C=O) groups is 1. The number of alkyl halides is 1. The van der Waals surface area contributed by atoms with E-state index in [9.17, 15) is 4.79 Å². The summed E-state index contributed by atoms with van der Waals surface area (Å²) in [7, 11) is 0. The molecule has 0 aliphatic heterocycles. The number of benzene rings is 1. The summed E-state index contributed by atoms with van der Waals surface area (Å²) in [5.74, 6) is 1.06. The molecule has 1 N–H and O–H groups in total. The average Bonchev–Trinajstić information content (AvgIpc) is 3.17. The molecule has 0 aliphatic carbocycles. The minimum Gasteiger partial charge on any atom is -0.444 e. The Morgan fingerprint density at radius 1 is 1.33 bits per heavy atom. The van der Waals surface area contributed by atoms with Gasteiger partial charge in [-0.25, -0.2) is 14.8 Å². The molecule has 2 aromatic heterocycles. The molecule has 0 saturated carbocycles. The molecule has 0 unspecified atom stereocenters. The van der Waals surface area contributed by atoms with Crippen LogP contribution in [0.3, 0.4) is 0 Å². The van der Waals surface area contributed by atoms with E-state index in [1.165, 1.54) is 0 Å². The minimum absolute atomic E-state index is 0.295. The Hall–Kier alpha value is -2.54. The topological polar surface area (TPSA) is 74.0 Å². The first-order valence-corrected chi connectivity index (χ1v) is 9.38. The molecule has 7 nitrogen and oxygen atoms in total. The van der Waals surface area contributed by atoms with Crippen molar-refractivity contribution < 1.29 is 9.53 Å². The molecule has 1 amide bonds. The van der Waals surface area contributed by atoms with Crippen molar-refractivity contribution in [3.63, 3.8) is 0 Å². The number of fused-ring (bicyclic) bond motifs is 1. The maximum atomic E-state index is 12.0. The first-order chi connectivity index (χ1) is 12.8. The highest BCUT2D eigenvalue weighted by Crippen LogP contribution is 2.23. The van der Waals surface area contributed by atoms with Crippen molar-refractivity contribution in [3.8, 4) is 0 Å². The van der Waals surface area contributed by atoms with E-state index in [-0.39, 0.29) is 0 Å². The third-order valence-corrected chi connectivity index (χ3v) is 4.29. The summed E-state index contributed by atoms with van der Waals surface area (Å²) in [4.78, 5) is 20.8. The molecule has 0 spiro atoms. The lowest BCUT2D eigenvalue weighted by atomic mass is 10.2. The number of nitrogens with zero attached hydrogens (tertiary/aromatic N) is 4. The summed E-state index contributed by atoms with van der Waals surface area (Å²) in [6.45, 7) is 9.03. The SMILES string of the molecule is CCn1cncc1Cn1c(CCl)nc2cc(NC(=O)OC(C)(C)C)ccc21. The van der Waals surface area contributed by atoms with E-state index in [2.05, 4.69) is 31.3 Å². The highest BCUT2D eigenvalue weighted by atomic mass is 35.5. The van der Waals surface area contributed by atoms with Crippen LogP contribution < -0.4 is 5.32 Å². The minimum atomic E-state index is -0.552. The van der Waals surface area contributed by atoms with Gasteiger partial charge in [0.1, 0.15) is 11.4 Å². The number of anilines is 1. The van der Waals surface area contributed by atoms with Gasteiger partial charge in [0.15, 0.2) is 0 Å².